The molecule has 26 heavy (non-hydrogen) atoms. The highest BCUT2D eigenvalue weighted by molar-refractivity contribution is 5.77. The molecule has 0 aromatic heterocycles. The van der Waals surface area contributed by atoms with Crippen molar-refractivity contribution in [2.45, 2.75) is 5.92 Å². The summed E-state index contributed by atoms with van der Waals surface area (Å²) in [6.07, 6.45) is 1.29. The fourth-order valence-corrected chi connectivity index (χ4v) is 2.94. The van der Waals surface area contributed by atoms with Gasteiger partial charge in [-0.1, -0.05) is 12.1 Å². The van der Waals surface area contributed by atoms with Gasteiger partial charge in [0.25, 0.3) is 0 Å². The van der Waals surface area contributed by atoms with Gasteiger partial charge in [-0.25, -0.2) is 4.39 Å². The van der Waals surface area contributed by atoms with E-state index in [9.17, 15) is 24.2 Å². The quantitative estimate of drug-likeness (QED) is 0.538. The molecule has 3 aromatic rings. The van der Waals surface area contributed by atoms with Gasteiger partial charge in [0.15, 0.2) is 0 Å². The van der Waals surface area contributed by atoms with Gasteiger partial charge in [-0.05, 0) is 54.1 Å². The second kappa shape index (κ2) is 7.19. The smallest absolute Gasteiger partial charge is 0.150 e. The maximum atomic E-state index is 13.4. The Morgan fingerprint density at radius 3 is 1.62 bits per heavy atom. The fraction of sp³-hybridized carbons (Fsp3) is 0.0476. The highest BCUT2D eigenvalue weighted by Gasteiger charge is 2.23. The van der Waals surface area contributed by atoms with Crippen LogP contribution in [0.3, 0.4) is 0 Å². The van der Waals surface area contributed by atoms with Crippen LogP contribution in [0.2, 0.25) is 0 Å². The topological polar surface area (TPSA) is 74.6 Å². The lowest BCUT2D eigenvalue weighted by Crippen LogP contribution is -2.06. The summed E-state index contributed by atoms with van der Waals surface area (Å²) >= 11 is 0. The van der Waals surface area contributed by atoms with Crippen molar-refractivity contribution < 1.29 is 24.2 Å². The SMILES string of the molecule is O=Cc1ccc(O)c(C(c2ccc(F)cc2)c2cc(C=O)ccc2O)c1. The standard InChI is InChI=1S/C21H15FO4/c22-16-5-3-15(4-6-16)21(17-9-13(11-23)1-7-19(17)25)18-10-14(12-24)2-8-20(18)26/h1-12,21,25-26H. The Bertz CT molecular complexity index is 907. The summed E-state index contributed by atoms with van der Waals surface area (Å²) in [5.74, 6) is -1.29. The summed E-state index contributed by atoms with van der Waals surface area (Å²) in [6.45, 7) is 0. The third-order valence-corrected chi connectivity index (χ3v) is 4.20. The predicted octanol–water partition coefficient (Wildman–Crippen LogP) is 4.04. The fourth-order valence-electron chi connectivity index (χ4n) is 2.94. The van der Waals surface area contributed by atoms with Crippen molar-refractivity contribution in [3.8, 4) is 11.5 Å². The van der Waals surface area contributed by atoms with Crippen LogP contribution in [0.15, 0.2) is 60.7 Å². The van der Waals surface area contributed by atoms with Crippen LogP contribution in [0, 0.1) is 5.82 Å². The first-order chi connectivity index (χ1) is 12.5. The number of aldehydes is 2. The van der Waals surface area contributed by atoms with Crippen LogP contribution in [0.25, 0.3) is 0 Å². The Hall–Kier alpha value is -3.47. The minimum absolute atomic E-state index is 0.0826. The predicted molar refractivity (Wildman–Crippen MR) is 94.3 cm³/mol. The molecule has 3 rings (SSSR count). The van der Waals surface area contributed by atoms with Gasteiger partial charge in [-0.2, -0.15) is 0 Å². The number of halogens is 1. The number of hydrogen-bond acceptors (Lipinski definition) is 4. The molecule has 0 radical (unpaired) electrons. The summed E-state index contributed by atoms with van der Waals surface area (Å²) in [5, 5.41) is 20.7. The molecule has 130 valence electrons. The van der Waals surface area contributed by atoms with E-state index in [0.29, 0.717) is 40.4 Å². The number of phenols is 2. The van der Waals surface area contributed by atoms with Gasteiger partial charge in [0.05, 0.1) is 0 Å². The van der Waals surface area contributed by atoms with Crippen molar-refractivity contribution in [1.29, 1.82) is 0 Å². The van der Waals surface area contributed by atoms with Crippen LogP contribution in [0.1, 0.15) is 43.3 Å². The van der Waals surface area contributed by atoms with Gasteiger partial charge in [0, 0.05) is 28.2 Å². The van der Waals surface area contributed by atoms with E-state index >= 15 is 0 Å². The summed E-state index contributed by atoms with van der Waals surface area (Å²) in [4.78, 5) is 22.3. The van der Waals surface area contributed by atoms with Crippen molar-refractivity contribution in [2.24, 2.45) is 0 Å². The number of aromatic hydroxyl groups is 2. The first kappa shape index (κ1) is 17.4. The van der Waals surface area contributed by atoms with E-state index < -0.39 is 11.7 Å². The molecule has 0 aliphatic rings. The van der Waals surface area contributed by atoms with Gasteiger partial charge in [0.2, 0.25) is 0 Å². The molecule has 0 saturated carbocycles. The van der Waals surface area contributed by atoms with E-state index in [-0.39, 0.29) is 11.5 Å². The third-order valence-electron chi connectivity index (χ3n) is 4.20. The molecule has 0 aliphatic heterocycles. The molecule has 0 unspecified atom stereocenters. The zero-order valence-corrected chi connectivity index (χ0v) is 13.6. The molecular weight excluding hydrogens is 335 g/mol. The van der Waals surface area contributed by atoms with Crippen LogP contribution in [0.5, 0.6) is 11.5 Å². The van der Waals surface area contributed by atoms with E-state index in [1.807, 2.05) is 0 Å². The highest BCUT2D eigenvalue weighted by Crippen LogP contribution is 2.41. The Morgan fingerprint density at radius 2 is 1.19 bits per heavy atom. The maximum Gasteiger partial charge on any atom is 0.150 e. The van der Waals surface area contributed by atoms with Gasteiger partial charge < -0.3 is 10.2 Å². The number of carbonyl (C=O) groups is 2. The molecule has 0 bridgehead atoms. The number of rotatable bonds is 5. The highest BCUT2D eigenvalue weighted by atomic mass is 19.1. The normalized spacial score (nSPS) is 10.7. The molecule has 0 atom stereocenters. The van der Waals surface area contributed by atoms with Crippen molar-refractivity contribution in [2.75, 3.05) is 0 Å². The lowest BCUT2D eigenvalue weighted by atomic mass is 9.83. The molecule has 0 fully saturated rings. The molecule has 0 saturated heterocycles. The molecule has 0 aliphatic carbocycles. The second-order valence-corrected chi connectivity index (χ2v) is 5.86. The molecule has 0 heterocycles. The number of phenolic OH excluding ortho intramolecular Hbond substituents is 2. The Balaban J connectivity index is 2.29. The second-order valence-electron chi connectivity index (χ2n) is 5.86. The summed E-state index contributed by atoms with van der Waals surface area (Å²) in [7, 11) is 0. The molecule has 3 aromatic carbocycles. The Labute approximate surface area is 149 Å². The molecular formula is C21H15FO4. The van der Waals surface area contributed by atoms with E-state index in [0.717, 1.165) is 0 Å². The zero-order valence-electron chi connectivity index (χ0n) is 13.6. The average molecular weight is 350 g/mol. The van der Waals surface area contributed by atoms with E-state index in [4.69, 9.17) is 0 Å². The first-order valence-corrected chi connectivity index (χ1v) is 7.85. The van der Waals surface area contributed by atoms with Crippen LogP contribution >= 0.6 is 0 Å². The van der Waals surface area contributed by atoms with Crippen molar-refractivity contribution in [3.05, 3.63) is 94.3 Å². The van der Waals surface area contributed by atoms with Crippen LogP contribution < -0.4 is 0 Å². The molecule has 0 amide bonds. The lowest BCUT2D eigenvalue weighted by molar-refractivity contribution is 0.111. The first-order valence-electron chi connectivity index (χ1n) is 7.85. The van der Waals surface area contributed by atoms with E-state index in [2.05, 4.69) is 0 Å². The van der Waals surface area contributed by atoms with Gasteiger partial charge in [0.1, 0.15) is 29.9 Å². The van der Waals surface area contributed by atoms with Crippen molar-refractivity contribution in [1.82, 2.24) is 0 Å². The summed E-state index contributed by atoms with van der Waals surface area (Å²) in [5.41, 5.74) is 1.99. The third kappa shape index (κ3) is 3.32. The molecule has 4 nitrogen and oxygen atoms in total. The Morgan fingerprint density at radius 1 is 0.731 bits per heavy atom. The van der Waals surface area contributed by atoms with E-state index in [1.165, 1.54) is 60.7 Å². The lowest BCUT2D eigenvalue weighted by Gasteiger charge is -2.21. The number of hydrogen-bond donors (Lipinski definition) is 2. The van der Waals surface area contributed by atoms with Crippen LogP contribution in [-0.2, 0) is 0 Å². The largest absolute Gasteiger partial charge is 0.508 e. The molecule has 2 N–H and O–H groups in total. The monoisotopic (exact) mass is 350 g/mol. The Kier molecular flexibility index (Phi) is 4.80. The van der Waals surface area contributed by atoms with Crippen LogP contribution in [-0.4, -0.2) is 22.8 Å². The van der Waals surface area contributed by atoms with Crippen molar-refractivity contribution in [3.63, 3.8) is 0 Å². The summed E-state index contributed by atoms with van der Waals surface area (Å²) in [6, 6.07) is 14.3. The number of benzene rings is 3. The molecule has 5 heteroatoms. The van der Waals surface area contributed by atoms with E-state index in [1.54, 1.807) is 0 Å². The summed E-state index contributed by atoms with van der Waals surface area (Å²) < 4.78 is 13.4. The minimum atomic E-state index is -0.699. The van der Waals surface area contributed by atoms with Gasteiger partial charge >= 0.3 is 0 Å². The van der Waals surface area contributed by atoms with Crippen LogP contribution in [0.4, 0.5) is 4.39 Å². The van der Waals surface area contributed by atoms with Gasteiger partial charge in [-0.3, -0.25) is 9.59 Å². The van der Waals surface area contributed by atoms with Crippen molar-refractivity contribution >= 4 is 12.6 Å². The zero-order chi connectivity index (χ0) is 18.7. The maximum absolute atomic E-state index is 13.4. The number of carbonyl (C=O) groups excluding carboxylic acids is 2. The molecule has 0 spiro atoms. The average Bonchev–Trinajstić information content (AvgIpc) is 2.66. The minimum Gasteiger partial charge on any atom is -0.508 e. The van der Waals surface area contributed by atoms with Gasteiger partial charge in [-0.15, -0.1) is 0 Å².